The molecule has 0 aromatic heterocycles. The van der Waals surface area contributed by atoms with Gasteiger partial charge in [0.2, 0.25) is 0 Å². The zero-order valence-electron chi connectivity index (χ0n) is 11.9. The van der Waals surface area contributed by atoms with Crippen molar-refractivity contribution < 1.29 is 0 Å². The second-order valence-electron chi connectivity index (χ2n) is 5.92. The summed E-state index contributed by atoms with van der Waals surface area (Å²) in [6, 6.07) is 9.57. The number of rotatable bonds is 3. The normalized spacial score (nSPS) is 24.3. The Morgan fingerprint density at radius 3 is 3.05 bits per heavy atom. The summed E-state index contributed by atoms with van der Waals surface area (Å²) in [5.41, 5.74) is 3.00. The Balaban J connectivity index is 1.59. The minimum atomic E-state index is 0.660. The molecule has 0 radical (unpaired) electrons. The highest BCUT2D eigenvalue weighted by Gasteiger charge is 2.20. The SMILES string of the molecule is CN1CCNC(CCN2CCCc3ccccc32)C1. The highest BCUT2D eigenvalue weighted by atomic mass is 15.2. The molecule has 1 atom stereocenters. The molecule has 1 aromatic carbocycles. The van der Waals surface area contributed by atoms with E-state index in [9.17, 15) is 0 Å². The van der Waals surface area contributed by atoms with E-state index in [1.54, 1.807) is 0 Å². The zero-order valence-corrected chi connectivity index (χ0v) is 11.9. The lowest BCUT2D eigenvalue weighted by molar-refractivity contribution is 0.232. The van der Waals surface area contributed by atoms with Crippen LogP contribution in [-0.4, -0.2) is 50.7 Å². The van der Waals surface area contributed by atoms with E-state index >= 15 is 0 Å². The largest absolute Gasteiger partial charge is 0.371 e. The van der Waals surface area contributed by atoms with E-state index in [4.69, 9.17) is 0 Å². The van der Waals surface area contributed by atoms with Crippen molar-refractivity contribution in [2.75, 3.05) is 44.7 Å². The van der Waals surface area contributed by atoms with Gasteiger partial charge in [-0.3, -0.25) is 0 Å². The van der Waals surface area contributed by atoms with Gasteiger partial charge in [0, 0.05) is 44.5 Å². The summed E-state index contributed by atoms with van der Waals surface area (Å²) >= 11 is 0. The molecule has 1 saturated heterocycles. The molecular formula is C16H25N3. The van der Waals surface area contributed by atoms with Gasteiger partial charge in [-0.15, -0.1) is 0 Å². The molecule has 2 aliphatic heterocycles. The van der Waals surface area contributed by atoms with Crippen molar-refractivity contribution >= 4 is 5.69 Å². The van der Waals surface area contributed by atoms with E-state index in [1.807, 2.05) is 0 Å². The maximum absolute atomic E-state index is 3.64. The van der Waals surface area contributed by atoms with E-state index in [2.05, 4.69) is 46.4 Å². The van der Waals surface area contributed by atoms with Crippen LogP contribution in [0.4, 0.5) is 5.69 Å². The van der Waals surface area contributed by atoms with Crippen LogP contribution in [0.3, 0.4) is 0 Å². The van der Waals surface area contributed by atoms with Gasteiger partial charge in [0.05, 0.1) is 0 Å². The molecule has 3 heteroatoms. The van der Waals surface area contributed by atoms with Gasteiger partial charge < -0.3 is 15.1 Å². The fraction of sp³-hybridized carbons (Fsp3) is 0.625. The summed E-state index contributed by atoms with van der Waals surface area (Å²) in [5, 5.41) is 3.64. The highest BCUT2D eigenvalue weighted by molar-refractivity contribution is 5.55. The molecule has 1 N–H and O–H groups in total. The summed E-state index contributed by atoms with van der Waals surface area (Å²) in [4.78, 5) is 5.01. The molecule has 1 aromatic rings. The summed E-state index contributed by atoms with van der Waals surface area (Å²) in [7, 11) is 2.23. The zero-order chi connectivity index (χ0) is 13.1. The van der Waals surface area contributed by atoms with Crippen LogP contribution in [0, 0.1) is 0 Å². The lowest BCUT2D eigenvalue weighted by Gasteiger charge is -2.35. The average molecular weight is 259 g/mol. The van der Waals surface area contributed by atoms with Gasteiger partial charge in [-0.25, -0.2) is 0 Å². The van der Waals surface area contributed by atoms with Crippen LogP contribution in [0.25, 0.3) is 0 Å². The Bertz CT molecular complexity index is 418. The van der Waals surface area contributed by atoms with Gasteiger partial charge in [-0.05, 0) is 37.9 Å². The van der Waals surface area contributed by atoms with E-state index in [0.29, 0.717) is 6.04 Å². The maximum Gasteiger partial charge on any atom is 0.0398 e. The molecule has 19 heavy (non-hydrogen) atoms. The third-order valence-corrected chi connectivity index (χ3v) is 4.41. The van der Waals surface area contributed by atoms with Crippen LogP contribution < -0.4 is 10.2 Å². The molecule has 1 fully saturated rings. The number of hydrogen-bond acceptors (Lipinski definition) is 3. The molecule has 0 bridgehead atoms. The van der Waals surface area contributed by atoms with Crippen LogP contribution in [0.15, 0.2) is 24.3 Å². The summed E-state index contributed by atoms with van der Waals surface area (Å²) < 4.78 is 0. The van der Waals surface area contributed by atoms with Gasteiger partial charge in [0.25, 0.3) is 0 Å². The first kappa shape index (κ1) is 12.9. The van der Waals surface area contributed by atoms with Crippen molar-refractivity contribution in [3.63, 3.8) is 0 Å². The van der Waals surface area contributed by atoms with Crippen molar-refractivity contribution in [1.82, 2.24) is 10.2 Å². The highest BCUT2D eigenvalue weighted by Crippen LogP contribution is 2.26. The first-order valence-electron chi connectivity index (χ1n) is 7.58. The number of nitrogens with one attached hydrogen (secondary N) is 1. The molecule has 1 unspecified atom stereocenters. The fourth-order valence-electron chi connectivity index (χ4n) is 3.34. The Morgan fingerprint density at radius 1 is 1.26 bits per heavy atom. The Labute approximate surface area is 116 Å². The molecule has 2 aliphatic rings. The van der Waals surface area contributed by atoms with Gasteiger partial charge in [-0.1, -0.05) is 18.2 Å². The predicted molar refractivity (Wildman–Crippen MR) is 80.9 cm³/mol. The number of piperazine rings is 1. The average Bonchev–Trinajstić information content (AvgIpc) is 2.45. The lowest BCUT2D eigenvalue weighted by atomic mass is 10.0. The van der Waals surface area contributed by atoms with Crippen LogP contribution in [0.5, 0.6) is 0 Å². The first-order chi connectivity index (χ1) is 9.33. The molecule has 0 saturated carbocycles. The van der Waals surface area contributed by atoms with Crippen LogP contribution >= 0.6 is 0 Å². The molecule has 0 amide bonds. The number of para-hydroxylation sites is 1. The maximum atomic E-state index is 3.64. The van der Waals surface area contributed by atoms with Crippen LogP contribution in [0.1, 0.15) is 18.4 Å². The monoisotopic (exact) mass is 259 g/mol. The third-order valence-electron chi connectivity index (χ3n) is 4.41. The first-order valence-corrected chi connectivity index (χ1v) is 7.58. The third kappa shape index (κ3) is 3.10. The second kappa shape index (κ2) is 5.93. The molecule has 0 aliphatic carbocycles. The van der Waals surface area contributed by atoms with Crippen molar-refractivity contribution in [2.24, 2.45) is 0 Å². The minimum absolute atomic E-state index is 0.660. The van der Waals surface area contributed by atoms with Gasteiger partial charge in [-0.2, -0.15) is 0 Å². The van der Waals surface area contributed by atoms with Crippen molar-refractivity contribution in [1.29, 1.82) is 0 Å². The number of nitrogens with zero attached hydrogens (tertiary/aromatic N) is 2. The fourth-order valence-corrected chi connectivity index (χ4v) is 3.34. The van der Waals surface area contributed by atoms with Crippen molar-refractivity contribution in [2.45, 2.75) is 25.3 Å². The smallest absolute Gasteiger partial charge is 0.0398 e. The quantitative estimate of drug-likeness (QED) is 0.892. The summed E-state index contributed by atoms with van der Waals surface area (Å²) in [6.45, 7) is 5.92. The summed E-state index contributed by atoms with van der Waals surface area (Å²) in [6.07, 6.45) is 3.80. The number of fused-ring (bicyclic) bond motifs is 1. The van der Waals surface area contributed by atoms with E-state index in [-0.39, 0.29) is 0 Å². The van der Waals surface area contributed by atoms with Crippen LogP contribution in [0.2, 0.25) is 0 Å². The molecule has 2 heterocycles. The number of benzene rings is 1. The Hall–Kier alpha value is -1.06. The number of hydrogen-bond donors (Lipinski definition) is 1. The Morgan fingerprint density at radius 2 is 2.16 bits per heavy atom. The molecule has 0 spiro atoms. The van der Waals surface area contributed by atoms with E-state index in [1.165, 1.54) is 56.7 Å². The van der Waals surface area contributed by atoms with E-state index in [0.717, 1.165) is 6.54 Å². The number of anilines is 1. The Kier molecular flexibility index (Phi) is 4.04. The molecular weight excluding hydrogens is 234 g/mol. The number of likely N-dealkylation sites (N-methyl/N-ethyl adjacent to an activating group) is 1. The van der Waals surface area contributed by atoms with Gasteiger partial charge in [0.1, 0.15) is 0 Å². The van der Waals surface area contributed by atoms with Crippen molar-refractivity contribution in [3.05, 3.63) is 29.8 Å². The van der Waals surface area contributed by atoms with Gasteiger partial charge in [0.15, 0.2) is 0 Å². The minimum Gasteiger partial charge on any atom is -0.371 e. The molecule has 3 rings (SSSR count). The van der Waals surface area contributed by atoms with Crippen LogP contribution in [-0.2, 0) is 6.42 Å². The van der Waals surface area contributed by atoms with E-state index < -0.39 is 0 Å². The topological polar surface area (TPSA) is 18.5 Å². The molecule has 104 valence electrons. The predicted octanol–water partition coefficient (Wildman–Crippen LogP) is 1.73. The lowest BCUT2D eigenvalue weighted by Crippen LogP contribution is -2.50. The van der Waals surface area contributed by atoms with Crippen molar-refractivity contribution in [3.8, 4) is 0 Å². The standard InChI is InChI=1S/C16H25N3/c1-18-12-9-17-15(13-18)8-11-19-10-4-6-14-5-2-3-7-16(14)19/h2-3,5,7,15,17H,4,6,8-13H2,1H3. The number of aryl methyl sites for hydroxylation is 1. The van der Waals surface area contributed by atoms with Gasteiger partial charge >= 0.3 is 0 Å². The summed E-state index contributed by atoms with van der Waals surface area (Å²) in [5.74, 6) is 0. The second-order valence-corrected chi connectivity index (χ2v) is 5.92. The molecule has 3 nitrogen and oxygen atoms in total.